The molecular weight excluding hydrogens is 162 g/mol. The normalized spacial score (nSPS) is 9.42. The summed E-state index contributed by atoms with van der Waals surface area (Å²) >= 11 is 0. The van der Waals surface area contributed by atoms with Crippen LogP contribution in [0.3, 0.4) is 0 Å². The third-order valence-electron chi connectivity index (χ3n) is 1.08. The Bertz CT molecular complexity index is 139. The number of carboxylic acids is 1. The van der Waals surface area contributed by atoms with Gasteiger partial charge in [-0.15, -0.1) is 0 Å². The van der Waals surface area contributed by atoms with Crippen molar-refractivity contribution in [2.24, 2.45) is 0 Å². The first kappa shape index (κ1) is 10.9. The zero-order valence-electron chi connectivity index (χ0n) is 7.00. The minimum atomic E-state index is -0.887. The molecule has 2 N–H and O–H groups in total. The molecule has 5 nitrogen and oxygen atoms in total. The lowest BCUT2D eigenvalue weighted by molar-refractivity contribution is -0.141. The van der Waals surface area contributed by atoms with Crippen LogP contribution in [-0.2, 0) is 14.3 Å². The van der Waals surface area contributed by atoms with Crippen molar-refractivity contribution in [3.05, 3.63) is 0 Å². The quantitative estimate of drug-likeness (QED) is 0.425. The fraction of sp³-hybridized carbons (Fsp3) is 0.714. The molecule has 0 radical (unpaired) electrons. The Morgan fingerprint density at radius 2 is 2.17 bits per heavy atom. The predicted molar refractivity (Wildman–Crippen MR) is 41.8 cm³/mol. The third kappa shape index (κ3) is 8.90. The maximum absolute atomic E-state index is 10.2. The van der Waals surface area contributed by atoms with E-state index in [4.69, 9.17) is 5.11 Å². The number of hydrogen-bond acceptors (Lipinski definition) is 4. The lowest BCUT2D eigenvalue weighted by Gasteiger charge is -2.01. The van der Waals surface area contributed by atoms with Crippen molar-refractivity contribution >= 4 is 11.9 Å². The van der Waals surface area contributed by atoms with Crippen LogP contribution in [0.15, 0.2) is 0 Å². The van der Waals surface area contributed by atoms with Crippen molar-refractivity contribution in [1.82, 2.24) is 5.32 Å². The topological polar surface area (TPSA) is 75.6 Å². The van der Waals surface area contributed by atoms with Gasteiger partial charge in [-0.3, -0.25) is 9.59 Å². The Morgan fingerprint density at radius 1 is 1.50 bits per heavy atom. The molecule has 0 spiro atoms. The van der Waals surface area contributed by atoms with E-state index in [1.807, 2.05) is 0 Å². The number of rotatable bonds is 6. The Labute approximate surface area is 70.7 Å². The van der Waals surface area contributed by atoms with Gasteiger partial charge in [0.2, 0.25) is 0 Å². The van der Waals surface area contributed by atoms with Crippen molar-refractivity contribution in [3.63, 3.8) is 0 Å². The van der Waals surface area contributed by atoms with Crippen LogP contribution in [0.25, 0.3) is 0 Å². The molecule has 0 saturated carbocycles. The summed E-state index contributed by atoms with van der Waals surface area (Å²) in [6.07, 6.45) is 0.632. The molecule has 0 bridgehead atoms. The molecule has 5 heteroatoms. The lowest BCUT2D eigenvalue weighted by Crippen LogP contribution is -2.24. The second-order valence-electron chi connectivity index (χ2n) is 2.26. The lowest BCUT2D eigenvalue weighted by atomic mass is 10.4. The number of carboxylic acid groups (broad SMARTS) is 1. The second kappa shape index (κ2) is 6.60. The number of nitrogens with one attached hydrogen (secondary N) is 1. The van der Waals surface area contributed by atoms with Crippen LogP contribution in [0, 0.1) is 0 Å². The molecule has 0 atom stereocenters. The minimum absolute atomic E-state index is 0.0555. The Hall–Kier alpha value is -1.10. The van der Waals surface area contributed by atoms with E-state index in [1.165, 1.54) is 6.92 Å². The van der Waals surface area contributed by atoms with E-state index in [9.17, 15) is 9.59 Å². The van der Waals surface area contributed by atoms with E-state index in [0.717, 1.165) is 0 Å². The molecule has 0 fully saturated rings. The first-order valence-electron chi connectivity index (χ1n) is 3.69. The Balaban J connectivity index is 3.01. The predicted octanol–water partition coefficient (Wildman–Crippen LogP) is -0.386. The van der Waals surface area contributed by atoms with Gasteiger partial charge in [-0.2, -0.15) is 0 Å². The van der Waals surface area contributed by atoms with Crippen LogP contribution in [0.4, 0.5) is 0 Å². The molecule has 0 aromatic rings. The van der Waals surface area contributed by atoms with Gasteiger partial charge in [-0.1, -0.05) is 0 Å². The van der Waals surface area contributed by atoms with Gasteiger partial charge in [-0.05, 0) is 13.0 Å². The van der Waals surface area contributed by atoms with E-state index in [1.54, 1.807) is 0 Å². The van der Waals surface area contributed by atoms with Crippen LogP contribution in [0.5, 0.6) is 0 Å². The molecule has 12 heavy (non-hydrogen) atoms. The summed E-state index contributed by atoms with van der Waals surface area (Å²) in [6.45, 7) is 2.16. The molecule has 0 amide bonds. The zero-order valence-corrected chi connectivity index (χ0v) is 7.00. The highest BCUT2D eigenvalue weighted by atomic mass is 16.5. The zero-order chi connectivity index (χ0) is 9.40. The van der Waals surface area contributed by atoms with Gasteiger partial charge in [0.25, 0.3) is 0 Å². The average molecular weight is 175 g/mol. The third-order valence-corrected chi connectivity index (χ3v) is 1.08. The van der Waals surface area contributed by atoms with Gasteiger partial charge in [-0.25, -0.2) is 0 Å². The molecule has 0 unspecified atom stereocenters. The fourth-order valence-corrected chi connectivity index (χ4v) is 0.608. The molecule has 0 aliphatic rings. The van der Waals surface area contributed by atoms with E-state index < -0.39 is 5.97 Å². The summed E-state index contributed by atoms with van der Waals surface area (Å²) in [5, 5.41) is 10.9. The van der Waals surface area contributed by atoms with Crippen LogP contribution >= 0.6 is 0 Å². The molecule has 0 saturated heterocycles. The highest BCUT2D eigenvalue weighted by Crippen LogP contribution is 1.81. The summed E-state index contributed by atoms with van der Waals surface area (Å²) in [7, 11) is 0. The summed E-state index contributed by atoms with van der Waals surface area (Å²) in [6, 6.07) is 0. The van der Waals surface area contributed by atoms with Gasteiger partial charge in [0.1, 0.15) is 0 Å². The molecule has 0 aromatic heterocycles. The largest absolute Gasteiger partial charge is 0.480 e. The molecule has 0 rings (SSSR count). The Morgan fingerprint density at radius 3 is 2.67 bits per heavy atom. The van der Waals surface area contributed by atoms with E-state index in [0.29, 0.717) is 19.6 Å². The van der Waals surface area contributed by atoms with E-state index in [-0.39, 0.29) is 12.5 Å². The van der Waals surface area contributed by atoms with Gasteiger partial charge in [0.05, 0.1) is 13.2 Å². The fourth-order valence-electron chi connectivity index (χ4n) is 0.608. The number of hydrogen-bond donors (Lipinski definition) is 2. The molecule has 0 heterocycles. The van der Waals surface area contributed by atoms with Crippen molar-refractivity contribution in [1.29, 1.82) is 0 Å². The number of carbonyl (C=O) groups is 2. The number of ether oxygens (including phenoxy) is 1. The van der Waals surface area contributed by atoms with Crippen LogP contribution in [-0.4, -0.2) is 36.7 Å². The highest BCUT2D eigenvalue weighted by Gasteiger charge is 1.95. The Kier molecular flexibility index (Phi) is 6.00. The molecule has 0 aromatic carbocycles. The molecule has 70 valence electrons. The van der Waals surface area contributed by atoms with E-state index in [2.05, 4.69) is 10.1 Å². The van der Waals surface area contributed by atoms with Gasteiger partial charge < -0.3 is 15.2 Å². The molecular formula is C7H13NO4. The first-order valence-corrected chi connectivity index (χ1v) is 3.69. The number of aliphatic carboxylic acids is 1. The van der Waals surface area contributed by atoms with Crippen LogP contribution in [0.1, 0.15) is 13.3 Å². The highest BCUT2D eigenvalue weighted by molar-refractivity contribution is 5.69. The maximum atomic E-state index is 10.2. The minimum Gasteiger partial charge on any atom is -0.480 e. The molecule has 0 aliphatic carbocycles. The SMILES string of the molecule is CC(=O)OCCCNCC(=O)O. The van der Waals surface area contributed by atoms with Crippen LogP contribution in [0.2, 0.25) is 0 Å². The number of esters is 1. The summed E-state index contributed by atoms with van der Waals surface area (Å²) in [5.41, 5.74) is 0. The van der Waals surface area contributed by atoms with Crippen molar-refractivity contribution < 1.29 is 19.4 Å². The van der Waals surface area contributed by atoms with Crippen molar-refractivity contribution in [2.45, 2.75) is 13.3 Å². The van der Waals surface area contributed by atoms with Gasteiger partial charge >= 0.3 is 11.9 Å². The summed E-state index contributed by atoms with van der Waals surface area (Å²) in [5.74, 6) is -1.20. The monoisotopic (exact) mass is 175 g/mol. The van der Waals surface area contributed by atoms with Crippen LogP contribution < -0.4 is 5.32 Å². The smallest absolute Gasteiger partial charge is 0.317 e. The molecule has 0 aliphatic heterocycles. The standard InChI is InChI=1S/C7H13NO4/c1-6(9)12-4-2-3-8-5-7(10)11/h8H,2-5H2,1H3,(H,10,11). The van der Waals surface area contributed by atoms with Crippen molar-refractivity contribution in [3.8, 4) is 0 Å². The second-order valence-corrected chi connectivity index (χ2v) is 2.26. The van der Waals surface area contributed by atoms with Gasteiger partial charge in [0, 0.05) is 6.92 Å². The summed E-state index contributed by atoms with van der Waals surface area (Å²) < 4.78 is 4.62. The van der Waals surface area contributed by atoms with Crippen molar-refractivity contribution in [2.75, 3.05) is 19.7 Å². The van der Waals surface area contributed by atoms with E-state index >= 15 is 0 Å². The van der Waals surface area contributed by atoms with Gasteiger partial charge in [0.15, 0.2) is 0 Å². The first-order chi connectivity index (χ1) is 5.63. The average Bonchev–Trinajstić information content (AvgIpc) is 1.95. The maximum Gasteiger partial charge on any atom is 0.317 e. The number of carbonyl (C=O) groups excluding carboxylic acids is 1. The summed E-state index contributed by atoms with van der Waals surface area (Å²) in [4.78, 5) is 20.2.